The Morgan fingerprint density at radius 2 is 1.87 bits per heavy atom. The summed E-state index contributed by atoms with van der Waals surface area (Å²) in [7, 11) is 0. The molecular formula is C17H15N3O3. The maximum atomic E-state index is 11.8. The maximum Gasteiger partial charge on any atom is 0.253 e. The van der Waals surface area contributed by atoms with E-state index in [0.717, 1.165) is 5.56 Å². The fourth-order valence-electron chi connectivity index (χ4n) is 1.76. The smallest absolute Gasteiger partial charge is 0.253 e. The van der Waals surface area contributed by atoms with E-state index in [0.29, 0.717) is 11.3 Å². The zero-order chi connectivity index (χ0) is 16.7. The lowest BCUT2D eigenvalue weighted by atomic mass is 10.2. The first-order valence-corrected chi connectivity index (χ1v) is 6.88. The van der Waals surface area contributed by atoms with Crippen LogP contribution in [-0.4, -0.2) is 23.3 Å². The van der Waals surface area contributed by atoms with Crippen molar-refractivity contribution in [1.29, 1.82) is 0 Å². The van der Waals surface area contributed by atoms with E-state index in [4.69, 9.17) is 0 Å². The van der Waals surface area contributed by atoms with Crippen LogP contribution in [-0.2, 0) is 4.79 Å². The van der Waals surface area contributed by atoms with Gasteiger partial charge in [-0.1, -0.05) is 11.8 Å². The number of rotatable bonds is 3. The Labute approximate surface area is 132 Å². The van der Waals surface area contributed by atoms with E-state index >= 15 is 0 Å². The summed E-state index contributed by atoms with van der Waals surface area (Å²) in [5.41, 5.74) is 1.59. The third-order valence-corrected chi connectivity index (χ3v) is 2.82. The highest BCUT2D eigenvalue weighted by atomic mass is 16.2. The summed E-state index contributed by atoms with van der Waals surface area (Å²) in [5.74, 6) is 5.30. The van der Waals surface area contributed by atoms with Crippen molar-refractivity contribution in [3.05, 3.63) is 64.1 Å². The van der Waals surface area contributed by atoms with Crippen molar-refractivity contribution in [2.75, 3.05) is 11.9 Å². The Bertz CT molecular complexity index is 806. The number of aromatic nitrogens is 1. The zero-order valence-corrected chi connectivity index (χ0v) is 12.5. The summed E-state index contributed by atoms with van der Waals surface area (Å²) in [4.78, 5) is 36.0. The van der Waals surface area contributed by atoms with Crippen molar-refractivity contribution in [3.63, 3.8) is 0 Å². The van der Waals surface area contributed by atoms with Gasteiger partial charge >= 0.3 is 0 Å². The van der Waals surface area contributed by atoms with Crippen LogP contribution in [0.2, 0.25) is 0 Å². The first-order chi connectivity index (χ1) is 11.0. The van der Waals surface area contributed by atoms with Gasteiger partial charge < -0.3 is 15.6 Å². The molecule has 1 aromatic heterocycles. The number of hydrogen-bond donors (Lipinski definition) is 3. The Kier molecular flexibility index (Phi) is 5.31. The number of hydrogen-bond acceptors (Lipinski definition) is 3. The van der Waals surface area contributed by atoms with Gasteiger partial charge in [0.2, 0.25) is 11.5 Å². The number of pyridine rings is 1. The number of nitrogens with one attached hydrogen (secondary N) is 3. The van der Waals surface area contributed by atoms with Crippen LogP contribution in [0, 0.1) is 11.8 Å². The first kappa shape index (κ1) is 16.0. The van der Waals surface area contributed by atoms with Crippen LogP contribution in [0.25, 0.3) is 0 Å². The SMILES string of the molecule is CC(=O)Nc1ccc(C#CCNC(=O)c2ccc(=O)[nH]c2)cc1. The molecule has 1 heterocycles. The molecule has 2 amide bonds. The lowest BCUT2D eigenvalue weighted by molar-refractivity contribution is -0.114. The van der Waals surface area contributed by atoms with Crippen LogP contribution in [0.3, 0.4) is 0 Å². The molecule has 0 aliphatic carbocycles. The van der Waals surface area contributed by atoms with Gasteiger partial charge in [0.25, 0.3) is 5.91 Å². The lowest BCUT2D eigenvalue weighted by Gasteiger charge is -2.01. The minimum atomic E-state index is -0.309. The van der Waals surface area contributed by atoms with Gasteiger partial charge in [-0.05, 0) is 30.3 Å². The molecule has 0 fully saturated rings. The summed E-state index contributed by atoms with van der Waals surface area (Å²) in [6.07, 6.45) is 1.35. The topological polar surface area (TPSA) is 91.1 Å². The second-order valence-electron chi connectivity index (χ2n) is 4.68. The van der Waals surface area contributed by atoms with Gasteiger partial charge in [-0.3, -0.25) is 14.4 Å². The zero-order valence-electron chi connectivity index (χ0n) is 12.5. The molecule has 6 nitrogen and oxygen atoms in total. The second kappa shape index (κ2) is 7.61. The van der Waals surface area contributed by atoms with Crippen molar-refractivity contribution >= 4 is 17.5 Å². The third-order valence-electron chi connectivity index (χ3n) is 2.82. The largest absolute Gasteiger partial charge is 0.341 e. The standard InChI is InChI=1S/C17H15N3O3/c1-12(21)20-15-7-4-13(5-8-15)3-2-10-18-17(23)14-6-9-16(22)19-11-14/h4-9,11H,10H2,1H3,(H,18,23)(H,19,22)(H,20,21). The van der Waals surface area contributed by atoms with E-state index in [1.807, 2.05) is 0 Å². The van der Waals surface area contributed by atoms with Gasteiger partial charge in [0.05, 0.1) is 12.1 Å². The molecule has 0 saturated heterocycles. The van der Waals surface area contributed by atoms with Crippen LogP contribution < -0.4 is 16.2 Å². The molecule has 0 aliphatic heterocycles. The van der Waals surface area contributed by atoms with Gasteiger partial charge in [-0.25, -0.2) is 0 Å². The highest BCUT2D eigenvalue weighted by Crippen LogP contribution is 2.08. The Balaban J connectivity index is 1.88. The van der Waals surface area contributed by atoms with Gasteiger partial charge in [-0.15, -0.1) is 0 Å². The van der Waals surface area contributed by atoms with Crippen LogP contribution in [0.15, 0.2) is 47.4 Å². The molecule has 6 heteroatoms. The summed E-state index contributed by atoms with van der Waals surface area (Å²) in [5, 5.41) is 5.30. The molecule has 0 aliphatic rings. The molecule has 0 unspecified atom stereocenters. The number of carbonyl (C=O) groups is 2. The van der Waals surface area contributed by atoms with E-state index in [2.05, 4.69) is 27.5 Å². The first-order valence-electron chi connectivity index (χ1n) is 6.88. The predicted molar refractivity (Wildman–Crippen MR) is 87.0 cm³/mol. The van der Waals surface area contributed by atoms with Crippen molar-refractivity contribution in [1.82, 2.24) is 10.3 Å². The minimum Gasteiger partial charge on any atom is -0.341 e. The highest BCUT2D eigenvalue weighted by molar-refractivity contribution is 5.93. The van der Waals surface area contributed by atoms with Crippen molar-refractivity contribution in [2.45, 2.75) is 6.92 Å². The monoisotopic (exact) mass is 309 g/mol. The van der Waals surface area contributed by atoms with E-state index in [1.54, 1.807) is 24.3 Å². The summed E-state index contributed by atoms with van der Waals surface area (Å²) < 4.78 is 0. The fourth-order valence-corrected chi connectivity index (χ4v) is 1.76. The molecule has 23 heavy (non-hydrogen) atoms. The van der Waals surface area contributed by atoms with Gasteiger partial charge in [-0.2, -0.15) is 0 Å². The van der Waals surface area contributed by atoms with Gasteiger partial charge in [0, 0.05) is 30.4 Å². The maximum absolute atomic E-state index is 11.8. The van der Waals surface area contributed by atoms with Crippen LogP contribution in [0.5, 0.6) is 0 Å². The molecule has 0 atom stereocenters. The lowest BCUT2D eigenvalue weighted by Crippen LogP contribution is -2.24. The van der Waals surface area contributed by atoms with Crippen LogP contribution >= 0.6 is 0 Å². The van der Waals surface area contributed by atoms with E-state index in [9.17, 15) is 14.4 Å². The average Bonchev–Trinajstić information content (AvgIpc) is 2.53. The van der Waals surface area contributed by atoms with Gasteiger partial charge in [0.1, 0.15) is 0 Å². The van der Waals surface area contributed by atoms with Crippen molar-refractivity contribution in [3.8, 4) is 11.8 Å². The molecule has 0 saturated carbocycles. The Morgan fingerprint density at radius 1 is 1.13 bits per heavy atom. The van der Waals surface area contributed by atoms with Crippen LogP contribution in [0.4, 0.5) is 5.69 Å². The number of amides is 2. The van der Waals surface area contributed by atoms with E-state index in [-0.39, 0.29) is 23.9 Å². The molecule has 0 spiro atoms. The third kappa shape index (κ3) is 5.17. The normalized spacial score (nSPS) is 9.43. The second-order valence-corrected chi connectivity index (χ2v) is 4.68. The molecule has 2 aromatic rings. The molecule has 0 radical (unpaired) electrons. The summed E-state index contributed by atoms with van der Waals surface area (Å²) >= 11 is 0. The minimum absolute atomic E-state index is 0.131. The Morgan fingerprint density at radius 3 is 2.48 bits per heavy atom. The molecule has 1 aromatic carbocycles. The summed E-state index contributed by atoms with van der Waals surface area (Å²) in [6, 6.07) is 9.80. The Hall–Kier alpha value is -3.33. The fraction of sp³-hybridized carbons (Fsp3) is 0.118. The van der Waals surface area contributed by atoms with Crippen LogP contribution in [0.1, 0.15) is 22.8 Å². The number of anilines is 1. The average molecular weight is 309 g/mol. The molecule has 3 N–H and O–H groups in total. The molecule has 116 valence electrons. The quantitative estimate of drug-likeness (QED) is 0.742. The molecule has 2 rings (SSSR count). The number of H-pyrrole nitrogens is 1. The molecular weight excluding hydrogens is 294 g/mol. The highest BCUT2D eigenvalue weighted by Gasteiger charge is 2.02. The predicted octanol–water partition coefficient (Wildman–Crippen LogP) is 1.11. The van der Waals surface area contributed by atoms with Crippen molar-refractivity contribution < 1.29 is 9.59 Å². The summed E-state index contributed by atoms with van der Waals surface area (Å²) in [6.45, 7) is 1.63. The van der Waals surface area contributed by atoms with E-state index in [1.165, 1.54) is 25.3 Å². The van der Waals surface area contributed by atoms with E-state index < -0.39 is 0 Å². The number of aromatic amines is 1. The van der Waals surface area contributed by atoms with Crippen molar-refractivity contribution in [2.24, 2.45) is 0 Å². The molecule has 0 bridgehead atoms. The number of benzene rings is 1. The number of carbonyl (C=O) groups excluding carboxylic acids is 2. The van der Waals surface area contributed by atoms with Gasteiger partial charge in [0.15, 0.2) is 0 Å².